The molecule has 0 saturated carbocycles. The van der Waals surface area contributed by atoms with Crippen LogP contribution >= 0.6 is 34.1 Å². The van der Waals surface area contributed by atoms with Crippen LogP contribution in [0.5, 0.6) is 0 Å². The van der Waals surface area contributed by atoms with Gasteiger partial charge in [-0.3, -0.25) is 0 Å². The average molecular weight is 200 g/mol. The largest absolute Gasteiger partial charge is 0.169 e. The summed E-state index contributed by atoms with van der Waals surface area (Å²) in [7, 11) is 0. The van der Waals surface area contributed by atoms with Crippen LogP contribution in [0.1, 0.15) is 0 Å². The Kier molecular flexibility index (Phi) is 36.4. The lowest BCUT2D eigenvalue weighted by molar-refractivity contribution is 2.37. The van der Waals surface area contributed by atoms with Gasteiger partial charge in [-0.15, -0.1) is 0 Å². The lowest BCUT2D eigenvalue weighted by atomic mass is 10.8. The van der Waals surface area contributed by atoms with Gasteiger partial charge in [-0.05, 0) is 12.5 Å². The first kappa shape index (κ1) is 9.47. The van der Waals surface area contributed by atoms with E-state index in [4.69, 9.17) is 0 Å². The molecule has 0 amide bonds. The zero-order valence-electron chi connectivity index (χ0n) is 3.36. The Morgan fingerprint density at radius 3 is 1.40 bits per heavy atom. The van der Waals surface area contributed by atoms with Gasteiger partial charge in [0.05, 0.1) is 0 Å². The summed E-state index contributed by atoms with van der Waals surface area (Å²) in [5.41, 5.74) is 4.47. The van der Waals surface area contributed by atoms with Crippen molar-refractivity contribution in [3.63, 3.8) is 0 Å². The molecule has 0 aliphatic rings. The standard InChI is InChI=1S/C2H6S.BI/c1-3-2;1-2/h1-2H3;. The molecule has 0 nitrogen and oxygen atoms in total. The molecule has 0 aromatic heterocycles. The molecule has 0 aromatic rings. The van der Waals surface area contributed by atoms with Crippen molar-refractivity contribution in [2.24, 2.45) is 0 Å². The Morgan fingerprint density at radius 2 is 1.40 bits per heavy atom. The summed E-state index contributed by atoms with van der Waals surface area (Å²) in [6.45, 7) is 0. The predicted molar refractivity (Wildman–Crippen MR) is 39.2 cm³/mol. The fraction of sp³-hybridized carbons (Fsp3) is 1.00. The Hall–Kier alpha value is 1.14. The van der Waals surface area contributed by atoms with Crippen molar-refractivity contribution >= 4 is 39.8 Å². The first-order chi connectivity index (χ1) is 2.41. The molecule has 3 heteroatoms. The fourth-order valence-corrected chi connectivity index (χ4v) is 0. The summed E-state index contributed by atoms with van der Waals surface area (Å²) in [5, 5.41) is 0. The van der Waals surface area contributed by atoms with Crippen molar-refractivity contribution in [3.05, 3.63) is 0 Å². The van der Waals surface area contributed by atoms with Crippen molar-refractivity contribution in [1.29, 1.82) is 0 Å². The molecule has 0 aliphatic carbocycles. The maximum atomic E-state index is 4.47. The molecule has 0 atom stereocenters. The van der Waals surface area contributed by atoms with E-state index in [9.17, 15) is 0 Å². The number of halogens is 1. The molecule has 30 valence electrons. The summed E-state index contributed by atoms with van der Waals surface area (Å²) in [5.74, 6) is 0. The van der Waals surface area contributed by atoms with E-state index in [0.717, 1.165) is 0 Å². The fourth-order valence-electron chi connectivity index (χ4n) is 0. The normalized spacial score (nSPS) is 4.60. The highest BCUT2D eigenvalue weighted by Gasteiger charge is 1.32. The molecule has 0 aliphatic heterocycles. The van der Waals surface area contributed by atoms with Crippen LogP contribution in [-0.4, -0.2) is 18.2 Å². The minimum atomic E-state index is 1.65. The van der Waals surface area contributed by atoms with E-state index in [1.165, 1.54) is 0 Å². The highest BCUT2D eigenvalue weighted by Crippen LogP contribution is 1.70. The monoisotopic (exact) mass is 200 g/mol. The van der Waals surface area contributed by atoms with Crippen molar-refractivity contribution in [3.8, 4) is 0 Å². The van der Waals surface area contributed by atoms with Crippen LogP contribution in [0.4, 0.5) is 0 Å². The minimum Gasteiger partial charge on any atom is -0.169 e. The SMILES string of the molecule is CSC.[B]I. The van der Waals surface area contributed by atoms with Gasteiger partial charge in [-0.25, -0.2) is 0 Å². The van der Waals surface area contributed by atoms with Gasteiger partial charge in [0.1, 0.15) is 0 Å². The molecule has 0 bridgehead atoms. The molecule has 5 heavy (non-hydrogen) atoms. The van der Waals surface area contributed by atoms with Gasteiger partial charge in [-0.2, -0.15) is 34.1 Å². The van der Waals surface area contributed by atoms with E-state index in [1.54, 1.807) is 34.1 Å². The Labute approximate surface area is 52.4 Å². The number of rotatable bonds is 0. The summed E-state index contributed by atoms with van der Waals surface area (Å²) >= 11 is 3.40. The Balaban J connectivity index is 0. The quantitative estimate of drug-likeness (QED) is 0.421. The van der Waals surface area contributed by atoms with Gasteiger partial charge in [0.15, 0.2) is 5.70 Å². The zero-order valence-corrected chi connectivity index (χ0v) is 6.34. The first-order valence-corrected chi connectivity index (χ1v) is 3.91. The average Bonchev–Trinajstić information content (AvgIpc) is 1.46. The third-order valence-electron chi connectivity index (χ3n) is 0. The van der Waals surface area contributed by atoms with Crippen LogP contribution in [-0.2, 0) is 0 Å². The Bertz CT molecular complexity index is 9.61. The molecule has 0 N–H and O–H groups in total. The maximum absolute atomic E-state index is 4.47. The Morgan fingerprint density at radius 1 is 1.40 bits per heavy atom. The van der Waals surface area contributed by atoms with Crippen LogP contribution in [0.25, 0.3) is 0 Å². The molecule has 0 spiro atoms. The van der Waals surface area contributed by atoms with Gasteiger partial charge < -0.3 is 0 Å². The van der Waals surface area contributed by atoms with E-state index in [1.807, 2.05) is 12.5 Å². The molecular weight excluding hydrogens is 194 g/mol. The van der Waals surface area contributed by atoms with E-state index < -0.39 is 0 Å². The second-order valence-electron chi connectivity index (χ2n) is 0.408. The lowest BCUT2D eigenvalue weighted by Gasteiger charge is -1.51. The topological polar surface area (TPSA) is 0 Å². The minimum absolute atomic E-state index is 1.65. The maximum Gasteiger partial charge on any atom is 0.169 e. The molecule has 0 rings (SSSR count). The van der Waals surface area contributed by atoms with E-state index in [0.29, 0.717) is 0 Å². The van der Waals surface area contributed by atoms with Crippen molar-refractivity contribution in [2.75, 3.05) is 12.5 Å². The van der Waals surface area contributed by atoms with Gasteiger partial charge in [0.2, 0.25) is 0 Å². The summed E-state index contributed by atoms with van der Waals surface area (Å²) < 4.78 is 0. The van der Waals surface area contributed by atoms with Crippen LogP contribution in [0, 0.1) is 0 Å². The first-order valence-electron chi connectivity index (χ1n) is 1.03. The van der Waals surface area contributed by atoms with Gasteiger partial charge >= 0.3 is 0 Å². The predicted octanol–water partition coefficient (Wildman–Crippen LogP) is 1.48. The summed E-state index contributed by atoms with van der Waals surface area (Å²) in [4.78, 5) is 0. The lowest BCUT2D eigenvalue weighted by Crippen LogP contribution is -1.25. The van der Waals surface area contributed by atoms with Gasteiger partial charge in [-0.1, -0.05) is 0 Å². The third kappa shape index (κ3) is 38.8. The van der Waals surface area contributed by atoms with Crippen molar-refractivity contribution in [1.82, 2.24) is 0 Å². The smallest absolute Gasteiger partial charge is 0.169 e. The van der Waals surface area contributed by atoms with E-state index in [2.05, 4.69) is 5.70 Å². The van der Waals surface area contributed by atoms with Crippen LogP contribution in [0.15, 0.2) is 0 Å². The number of hydrogen-bond donors (Lipinski definition) is 0. The van der Waals surface area contributed by atoms with Crippen LogP contribution < -0.4 is 0 Å². The molecule has 0 fully saturated rings. The third-order valence-corrected chi connectivity index (χ3v) is 0. The van der Waals surface area contributed by atoms with E-state index in [-0.39, 0.29) is 0 Å². The van der Waals surface area contributed by atoms with Crippen LogP contribution in [0.3, 0.4) is 0 Å². The number of thioether (sulfide) groups is 1. The zero-order chi connectivity index (χ0) is 4.71. The molecular formula is C2H6BIS. The summed E-state index contributed by atoms with van der Waals surface area (Å²) in [6, 6.07) is 0. The second kappa shape index (κ2) is 19.2. The van der Waals surface area contributed by atoms with Gasteiger partial charge in [0, 0.05) is 0 Å². The second-order valence-corrected chi connectivity index (χ2v) is 1.22. The van der Waals surface area contributed by atoms with Crippen molar-refractivity contribution in [2.45, 2.75) is 0 Å². The van der Waals surface area contributed by atoms with Crippen molar-refractivity contribution < 1.29 is 0 Å². The van der Waals surface area contributed by atoms with Gasteiger partial charge in [0.25, 0.3) is 0 Å². The molecule has 0 saturated heterocycles. The van der Waals surface area contributed by atoms with Crippen LogP contribution in [0.2, 0.25) is 0 Å². The molecule has 0 unspecified atom stereocenters. The molecule has 0 aromatic carbocycles. The summed E-state index contributed by atoms with van der Waals surface area (Å²) in [6.07, 6.45) is 4.08. The highest BCUT2D eigenvalue weighted by atomic mass is 127. The molecule has 2 radical (unpaired) electrons. The highest BCUT2D eigenvalue weighted by molar-refractivity contribution is 14.1. The number of hydrogen-bond acceptors (Lipinski definition) is 1. The molecule has 0 heterocycles. The van der Waals surface area contributed by atoms with E-state index >= 15 is 0 Å².